The Kier molecular flexibility index (Phi) is 10.3. The van der Waals surface area contributed by atoms with Gasteiger partial charge in [0, 0.05) is 0 Å². The molecule has 22 heavy (non-hydrogen) atoms. The minimum atomic E-state index is 0.885. The number of rotatable bonds is 6. The van der Waals surface area contributed by atoms with E-state index in [4.69, 9.17) is 0 Å². The highest BCUT2D eigenvalue weighted by atomic mass is 14.3. The third-order valence-corrected chi connectivity index (χ3v) is 4.90. The quantitative estimate of drug-likeness (QED) is 0.473. The molecule has 0 N–H and O–H groups in total. The summed E-state index contributed by atoms with van der Waals surface area (Å²) in [7, 11) is 0. The molecule has 0 amide bonds. The maximum absolute atomic E-state index is 2.28. The van der Waals surface area contributed by atoms with Gasteiger partial charge in [-0.25, -0.2) is 0 Å². The minimum absolute atomic E-state index is 0.885. The van der Waals surface area contributed by atoms with Gasteiger partial charge in [0.2, 0.25) is 0 Å². The Labute approximate surface area is 139 Å². The average molecular weight is 303 g/mol. The van der Waals surface area contributed by atoms with Crippen molar-refractivity contribution in [1.82, 2.24) is 0 Å². The van der Waals surface area contributed by atoms with Crippen molar-refractivity contribution < 1.29 is 0 Å². The van der Waals surface area contributed by atoms with Crippen LogP contribution >= 0.6 is 0 Å². The van der Waals surface area contributed by atoms with Gasteiger partial charge >= 0.3 is 0 Å². The van der Waals surface area contributed by atoms with Gasteiger partial charge in [0.1, 0.15) is 0 Å². The van der Waals surface area contributed by atoms with Crippen molar-refractivity contribution in [2.75, 3.05) is 0 Å². The summed E-state index contributed by atoms with van der Waals surface area (Å²) in [6.45, 7) is 8.49. The normalized spacial score (nSPS) is 16.7. The van der Waals surface area contributed by atoms with Crippen molar-refractivity contribution >= 4 is 0 Å². The van der Waals surface area contributed by atoms with E-state index in [9.17, 15) is 0 Å². The Hall–Kier alpha value is -0.780. The van der Waals surface area contributed by atoms with E-state index >= 15 is 0 Å². The molecule has 0 aliphatic heterocycles. The lowest BCUT2D eigenvalue weighted by atomic mass is 9.78. The highest BCUT2D eigenvalue weighted by Gasteiger charge is 2.20. The van der Waals surface area contributed by atoms with Crippen LogP contribution in [0.15, 0.2) is 24.3 Å². The summed E-state index contributed by atoms with van der Waals surface area (Å²) >= 11 is 0. The molecule has 2 fully saturated rings. The Morgan fingerprint density at radius 2 is 1.59 bits per heavy atom. The first kappa shape index (κ1) is 19.3. The molecular weight excluding hydrogens is 264 g/mol. The molecule has 1 aromatic carbocycles. The molecule has 0 nitrogen and oxygen atoms in total. The van der Waals surface area contributed by atoms with E-state index in [0.29, 0.717) is 0 Å². The SMILES string of the molecule is CC.CCCCCCC1CC1.Cc1ccccc1C1CCC1. The maximum atomic E-state index is 2.28. The molecule has 0 bridgehead atoms. The lowest BCUT2D eigenvalue weighted by molar-refractivity contribution is 0.418. The van der Waals surface area contributed by atoms with E-state index in [-0.39, 0.29) is 0 Å². The summed E-state index contributed by atoms with van der Waals surface area (Å²) in [4.78, 5) is 0. The van der Waals surface area contributed by atoms with Gasteiger partial charge in [-0.05, 0) is 42.7 Å². The fourth-order valence-corrected chi connectivity index (χ4v) is 3.03. The first-order valence-corrected chi connectivity index (χ1v) is 9.86. The summed E-state index contributed by atoms with van der Waals surface area (Å²) in [5.41, 5.74) is 3.05. The van der Waals surface area contributed by atoms with Gasteiger partial charge in [-0.3, -0.25) is 0 Å². The van der Waals surface area contributed by atoms with E-state index in [1.807, 2.05) is 13.8 Å². The summed E-state index contributed by atoms with van der Waals surface area (Å²) in [6, 6.07) is 8.77. The lowest BCUT2D eigenvalue weighted by Gasteiger charge is -2.27. The van der Waals surface area contributed by atoms with Crippen LogP contribution in [0.3, 0.4) is 0 Å². The van der Waals surface area contributed by atoms with Gasteiger partial charge < -0.3 is 0 Å². The first-order valence-electron chi connectivity index (χ1n) is 9.86. The van der Waals surface area contributed by atoms with Gasteiger partial charge in [-0.1, -0.05) is 96.4 Å². The predicted octanol–water partition coefficient (Wildman–Crippen LogP) is 7.66. The minimum Gasteiger partial charge on any atom is -0.0683 e. The van der Waals surface area contributed by atoms with E-state index in [0.717, 1.165) is 11.8 Å². The fourth-order valence-electron chi connectivity index (χ4n) is 3.03. The number of hydrogen-bond donors (Lipinski definition) is 0. The second kappa shape index (κ2) is 11.7. The first-order chi connectivity index (χ1) is 10.8. The molecule has 0 aromatic heterocycles. The van der Waals surface area contributed by atoms with Crippen LogP contribution in [-0.4, -0.2) is 0 Å². The second-order valence-corrected chi connectivity index (χ2v) is 6.78. The van der Waals surface area contributed by atoms with Crippen LogP contribution in [0.1, 0.15) is 102 Å². The highest BCUT2D eigenvalue weighted by Crippen LogP contribution is 2.37. The molecule has 2 saturated carbocycles. The largest absolute Gasteiger partial charge is 0.0683 e. The van der Waals surface area contributed by atoms with Crippen LogP contribution in [0.4, 0.5) is 0 Å². The molecule has 2 aliphatic rings. The number of hydrogen-bond acceptors (Lipinski definition) is 0. The number of benzene rings is 1. The second-order valence-electron chi connectivity index (χ2n) is 6.78. The molecule has 3 rings (SSSR count). The molecule has 126 valence electrons. The molecule has 0 atom stereocenters. The molecule has 0 radical (unpaired) electrons. The molecule has 0 heteroatoms. The third-order valence-electron chi connectivity index (χ3n) is 4.90. The Balaban J connectivity index is 0.000000202. The number of unbranched alkanes of at least 4 members (excludes halogenated alkanes) is 3. The van der Waals surface area contributed by atoms with Crippen molar-refractivity contribution in [3.05, 3.63) is 35.4 Å². The average Bonchev–Trinajstić information content (AvgIpc) is 3.31. The van der Waals surface area contributed by atoms with Gasteiger partial charge in [0.25, 0.3) is 0 Å². The van der Waals surface area contributed by atoms with Crippen molar-refractivity contribution in [3.63, 3.8) is 0 Å². The van der Waals surface area contributed by atoms with Gasteiger partial charge in [-0.2, -0.15) is 0 Å². The van der Waals surface area contributed by atoms with Crippen LogP contribution in [0.2, 0.25) is 0 Å². The third kappa shape index (κ3) is 7.47. The Morgan fingerprint density at radius 3 is 2.09 bits per heavy atom. The lowest BCUT2D eigenvalue weighted by Crippen LogP contribution is -2.09. The zero-order chi connectivity index (χ0) is 16.2. The van der Waals surface area contributed by atoms with E-state index < -0.39 is 0 Å². The Morgan fingerprint density at radius 1 is 0.909 bits per heavy atom. The molecule has 0 unspecified atom stereocenters. The molecule has 1 aromatic rings. The monoisotopic (exact) mass is 302 g/mol. The smallest absolute Gasteiger partial charge is 0.0159 e. The van der Waals surface area contributed by atoms with Crippen LogP contribution in [0, 0.1) is 12.8 Å². The van der Waals surface area contributed by atoms with Crippen molar-refractivity contribution in [1.29, 1.82) is 0 Å². The van der Waals surface area contributed by atoms with Crippen molar-refractivity contribution in [3.8, 4) is 0 Å². The van der Waals surface area contributed by atoms with E-state index in [1.165, 1.54) is 69.8 Å². The molecule has 0 heterocycles. The molecule has 2 aliphatic carbocycles. The van der Waals surface area contributed by atoms with E-state index in [2.05, 4.69) is 38.1 Å². The van der Waals surface area contributed by atoms with Crippen LogP contribution < -0.4 is 0 Å². The zero-order valence-electron chi connectivity index (χ0n) is 15.5. The number of aryl methyl sites for hydroxylation is 1. The van der Waals surface area contributed by atoms with Crippen molar-refractivity contribution in [2.45, 2.75) is 97.8 Å². The van der Waals surface area contributed by atoms with Gasteiger partial charge in [-0.15, -0.1) is 0 Å². The van der Waals surface area contributed by atoms with E-state index in [1.54, 1.807) is 5.56 Å². The molecule has 0 saturated heterocycles. The summed E-state index contributed by atoms with van der Waals surface area (Å²) in [5, 5.41) is 0. The summed E-state index contributed by atoms with van der Waals surface area (Å²) in [6.07, 6.45) is 14.6. The standard InChI is InChI=1S/C11H14.C9H18.C2H6/c1-9-5-2-3-8-11(9)10-6-4-7-10;1-2-3-4-5-6-9-7-8-9;1-2/h2-3,5,8,10H,4,6-7H2,1H3;9H,2-8H2,1H3;1-2H3. The van der Waals surface area contributed by atoms with Crippen molar-refractivity contribution in [2.24, 2.45) is 5.92 Å². The predicted molar refractivity (Wildman–Crippen MR) is 101 cm³/mol. The van der Waals surface area contributed by atoms with Crippen LogP contribution in [0.5, 0.6) is 0 Å². The molecule has 0 spiro atoms. The molecular formula is C22H38. The topological polar surface area (TPSA) is 0 Å². The van der Waals surface area contributed by atoms with Crippen LogP contribution in [-0.2, 0) is 0 Å². The van der Waals surface area contributed by atoms with Gasteiger partial charge in [0.15, 0.2) is 0 Å². The Bertz CT molecular complexity index is 371. The summed E-state index contributed by atoms with van der Waals surface area (Å²) in [5.74, 6) is 2.04. The highest BCUT2D eigenvalue weighted by molar-refractivity contribution is 5.30. The zero-order valence-corrected chi connectivity index (χ0v) is 15.5. The maximum Gasteiger partial charge on any atom is -0.0159 e. The van der Waals surface area contributed by atoms with Gasteiger partial charge in [0.05, 0.1) is 0 Å². The van der Waals surface area contributed by atoms with Crippen LogP contribution in [0.25, 0.3) is 0 Å². The fraction of sp³-hybridized carbons (Fsp3) is 0.727. The summed E-state index contributed by atoms with van der Waals surface area (Å²) < 4.78 is 0.